The van der Waals surface area contributed by atoms with Gasteiger partial charge in [0, 0.05) is 15.4 Å². The summed E-state index contributed by atoms with van der Waals surface area (Å²) in [6.07, 6.45) is 1.13. The van der Waals surface area contributed by atoms with Crippen LogP contribution < -0.4 is 0 Å². The van der Waals surface area contributed by atoms with Gasteiger partial charge in [0.25, 0.3) is 0 Å². The minimum atomic E-state index is 0.295. The first-order valence-corrected chi connectivity index (χ1v) is 9.32. The van der Waals surface area contributed by atoms with E-state index in [-0.39, 0.29) is 0 Å². The molecule has 0 aliphatic rings. The van der Waals surface area contributed by atoms with Crippen molar-refractivity contribution in [3.05, 3.63) is 35.2 Å². The largest absolute Gasteiger partial charge is 0.144 e. The van der Waals surface area contributed by atoms with E-state index >= 15 is 0 Å². The third kappa shape index (κ3) is 2.68. The number of rotatable bonds is 5. The average Bonchev–Trinajstić information content (AvgIpc) is 2.79. The lowest BCUT2D eigenvalue weighted by atomic mass is 9.76. The standard InChI is InChI=1S/C15H18Br2S/c1-11(2)15(9-16,10-17)7-12-8-18-14-6-4-3-5-13(12)14/h3-6,8,11H,7,9-10H2,1-2H3. The van der Waals surface area contributed by atoms with E-state index in [2.05, 4.69) is 75.4 Å². The molecule has 0 atom stereocenters. The van der Waals surface area contributed by atoms with Crippen molar-refractivity contribution in [2.45, 2.75) is 20.3 Å². The van der Waals surface area contributed by atoms with E-state index in [1.54, 1.807) is 0 Å². The number of thiophene rings is 1. The van der Waals surface area contributed by atoms with Crippen molar-refractivity contribution in [2.24, 2.45) is 11.3 Å². The summed E-state index contributed by atoms with van der Waals surface area (Å²) in [4.78, 5) is 0. The first-order chi connectivity index (χ1) is 8.63. The highest BCUT2D eigenvalue weighted by molar-refractivity contribution is 9.09. The van der Waals surface area contributed by atoms with Gasteiger partial charge in [-0.05, 0) is 40.1 Å². The predicted octanol–water partition coefficient (Wildman–Crippen LogP) is 5.88. The highest BCUT2D eigenvalue weighted by atomic mass is 79.9. The van der Waals surface area contributed by atoms with Crippen LogP contribution in [0.5, 0.6) is 0 Å². The van der Waals surface area contributed by atoms with Gasteiger partial charge in [-0.3, -0.25) is 0 Å². The zero-order valence-corrected chi connectivity index (χ0v) is 14.7. The molecule has 0 saturated carbocycles. The Morgan fingerprint density at radius 3 is 2.44 bits per heavy atom. The van der Waals surface area contributed by atoms with Gasteiger partial charge in [-0.1, -0.05) is 63.9 Å². The van der Waals surface area contributed by atoms with Gasteiger partial charge in [-0.2, -0.15) is 0 Å². The number of benzene rings is 1. The molecule has 18 heavy (non-hydrogen) atoms. The molecule has 0 spiro atoms. The van der Waals surface area contributed by atoms with Crippen molar-refractivity contribution < 1.29 is 0 Å². The minimum Gasteiger partial charge on any atom is -0.144 e. The maximum atomic E-state index is 3.72. The smallest absolute Gasteiger partial charge is 0.0345 e. The molecule has 3 heteroatoms. The van der Waals surface area contributed by atoms with Crippen molar-refractivity contribution in [1.82, 2.24) is 0 Å². The van der Waals surface area contributed by atoms with Crippen molar-refractivity contribution in [2.75, 3.05) is 10.7 Å². The van der Waals surface area contributed by atoms with Gasteiger partial charge in [0.2, 0.25) is 0 Å². The van der Waals surface area contributed by atoms with E-state index in [1.165, 1.54) is 15.6 Å². The molecule has 2 aromatic rings. The van der Waals surface area contributed by atoms with Crippen LogP contribution in [-0.2, 0) is 6.42 Å². The molecule has 0 unspecified atom stereocenters. The summed E-state index contributed by atoms with van der Waals surface area (Å²) in [6.45, 7) is 4.63. The van der Waals surface area contributed by atoms with Crippen molar-refractivity contribution in [3.63, 3.8) is 0 Å². The van der Waals surface area contributed by atoms with E-state index in [0.29, 0.717) is 11.3 Å². The molecule has 1 aromatic carbocycles. The van der Waals surface area contributed by atoms with Crippen LogP contribution in [0.4, 0.5) is 0 Å². The van der Waals surface area contributed by atoms with Crippen LogP contribution in [-0.4, -0.2) is 10.7 Å². The molecule has 0 aliphatic carbocycles. The highest BCUT2D eigenvalue weighted by Gasteiger charge is 2.32. The number of fused-ring (bicyclic) bond motifs is 1. The Hall–Kier alpha value is 0.140. The number of hydrogen-bond acceptors (Lipinski definition) is 1. The molecule has 0 amide bonds. The Labute approximate surface area is 130 Å². The fourth-order valence-corrected chi connectivity index (χ4v) is 5.77. The number of halogens is 2. The molecule has 0 aliphatic heterocycles. The Bertz CT molecular complexity index is 512. The lowest BCUT2D eigenvalue weighted by molar-refractivity contribution is 0.269. The maximum absolute atomic E-state index is 3.72. The van der Waals surface area contributed by atoms with Gasteiger partial charge in [-0.15, -0.1) is 11.3 Å². The first kappa shape index (κ1) is 14.5. The van der Waals surface area contributed by atoms with Crippen LogP contribution >= 0.6 is 43.2 Å². The van der Waals surface area contributed by atoms with Gasteiger partial charge in [-0.25, -0.2) is 0 Å². The average molecular weight is 390 g/mol. The first-order valence-electron chi connectivity index (χ1n) is 6.20. The van der Waals surface area contributed by atoms with Crippen LogP contribution in [0, 0.1) is 11.3 Å². The summed E-state index contributed by atoms with van der Waals surface area (Å²) in [5.74, 6) is 0.648. The lowest BCUT2D eigenvalue weighted by Crippen LogP contribution is -2.33. The van der Waals surface area contributed by atoms with Crippen LogP contribution in [0.2, 0.25) is 0 Å². The molecular weight excluding hydrogens is 372 g/mol. The lowest BCUT2D eigenvalue weighted by Gasteiger charge is -2.34. The number of hydrogen-bond donors (Lipinski definition) is 0. The van der Waals surface area contributed by atoms with Gasteiger partial charge < -0.3 is 0 Å². The third-order valence-electron chi connectivity index (χ3n) is 3.86. The van der Waals surface area contributed by atoms with Crippen molar-refractivity contribution in [1.29, 1.82) is 0 Å². The molecule has 0 N–H and O–H groups in total. The molecule has 0 nitrogen and oxygen atoms in total. The summed E-state index contributed by atoms with van der Waals surface area (Å²) in [5, 5.41) is 5.82. The SMILES string of the molecule is CC(C)C(CBr)(CBr)Cc1csc2ccccc12. The predicted molar refractivity (Wildman–Crippen MR) is 90.4 cm³/mol. The zero-order valence-electron chi connectivity index (χ0n) is 10.7. The van der Waals surface area contributed by atoms with Gasteiger partial charge in [0.15, 0.2) is 0 Å². The summed E-state index contributed by atoms with van der Waals surface area (Å²) in [6, 6.07) is 8.71. The second-order valence-corrected chi connectivity index (χ2v) is 7.25. The van der Waals surface area contributed by atoms with E-state index in [1.807, 2.05) is 11.3 Å². The van der Waals surface area contributed by atoms with E-state index in [9.17, 15) is 0 Å². The molecule has 1 aromatic heterocycles. The number of alkyl halides is 2. The molecule has 0 saturated heterocycles. The second-order valence-electron chi connectivity index (χ2n) is 5.22. The molecule has 98 valence electrons. The minimum absolute atomic E-state index is 0.295. The maximum Gasteiger partial charge on any atom is 0.0345 e. The Morgan fingerprint density at radius 2 is 1.83 bits per heavy atom. The molecule has 2 rings (SSSR count). The highest BCUT2D eigenvalue weighted by Crippen LogP contribution is 2.38. The van der Waals surface area contributed by atoms with Gasteiger partial charge >= 0.3 is 0 Å². The van der Waals surface area contributed by atoms with Crippen LogP contribution in [0.1, 0.15) is 19.4 Å². The molecule has 0 bridgehead atoms. The Morgan fingerprint density at radius 1 is 1.17 bits per heavy atom. The normalized spacial score (nSPS) is 12.5. The summed E-state index contributed by atoms with van der Waals surface area (Å²) in [7, 11) is 0. The van der Waals surface area contributed by atoms with Gasteiger partial charge in [0.1, 0.15) is 0 Å². The second kappa shape index (κ2) is 6.06. The van der Waals surface area contributed by atoms with Crippen LogP contribution in [0.15, 0.2) is 29.6 Å². The van der Waals surface area contributed by atoms with Crippen molar-refractivity contribution >= 4 is 53.3 Å². The third-order valence-corrected chi connectivity index (χ3v) is 7.11. The summed E-state index contributed by atoms with van der Waals surface area (Å²) < 4.78 is 1.40. The molecular formula is C15H18Br2S. The molecule has 0 fully saturated rings. The molecule has 0 radical (unpaired) electrons. The van der Waals surface area contributed by atoms with E-state index in [0.717, 1.165) is 17.1 Å². The monoisotopic (exact) mass is 388 g/mol. The van der Waals surface area contributed by atoms with Crippen LogP contribution in [0.25, 0.3) is 10.1 Å². The van der Waals surface area contributed by atoms with E-state index < -0.39 is 0 Å². The Balaban J connectivity index is 2.37. The quantitative estimate of drug-likeness (QED) is 0.560. The van der Waals surface area contributed by atoms with Crippen molar-refractivity contribution in [3.8, 4) is 0 Å². The molecule has 1 heterocycles. The van der Waals surface area contributed by atoms with E-state index in [4.69, 9.17) is 0 Å². The fraction of sp³-hybridized carbons (Fsp3) is 0.467. The van der Waals surface area contributed by atoms with Crippen LogP contribution in [0.3, 0.4) is 0 Å². The van der Waals surface area contributed by atoms with Gasteiger partial charge in [0.05, 0.1) is 0 Å². The Kier molecular flexibility index (Phi) is 4.90. The zero-order chi connectivity index (χ0) is 13.2. The topological polar surface area (TPSA) is 0 Å². The fourth-order valence-electron chi connectivity index (χ4n) is 2.19. The summed E-state index contributed by atoms with van der Waals surface area (Å²) >= 11 is 9.29. The summed E-state index contributed by atoms with van der Waals surface area (Å²) in [5.41, 5.74) is 1.78.